The van der Waals surface area contributed by atoms with Crippen LogP contribution in [0.5, 0.6) is 0 Å². The normalized spacial score (nSPS) is 16.9. The number of hydrogen-bond donors (Lipinski definition) is 1. The minimum absolute atomic E-state index is 0.120. The number of thiophene rings is 1. The molecule has 1 aliphatic heterocycles. The van der Waals surface area contributed by atoms with E-state index in [0.717, 1.165) is 40.8 Å². The first-order chi connectivity index (χ1) is 12.5. The molecule has 4 rings (SSSR count). The third-order valence-electron chi connectivity index (χ3n) is 4.64. The number of fused-ring (bicyclic) bond motifs is 1. The molecule has 1 amide bonds. The first-order valence-electron chi connectivity index (χ1n) is 8.59. The van der Waals surface area contributed by atoms with Gasteiger partial charge in [-0.05, 0) is 62.1 Å². The van der Waals surface area contributed by atoms with Crippen LogP contribution >= 0.6 is 11.3 Å². The summed E-state index contributed by atoms with van der Waals surface area (Å²) in [6.07, 6.45) is 2.20. The molecule has 1 saturated heterocycles. The van der Waals surface area contributed by atoms with E-state index in [4.69, 9.17) is 9.15 Å². The zero-order valence-electron chi connectivity index (χ0n) is 14.6. The standard InChI is InChI=1S/C20H19NO4S/c1-11-9-19(22)25-16-8-12(2)14(10-13(11)16)21-20(23)18-6-5-17(26-18)15-4-3-7-24-15/h5-6,8-10,15H,3-4,7H2,1-2H3,(H,21,23). The van der Waals surface area contributed by atoms with Gasteiger partial charge in [0.15, 0.2) is 0 Å². The molecule has 0 bridgehead atoms. The third kappa shape index (κ3) is 3.18. The number of anilines is 1. The van der Waals surface area contributed by atoms with Crippen LogP contribution in [0, 0.1) is 13.8 Å². The number of amides is 1. The van der Waals surface area contributed by atoms with Crippen molar-refractivity contribution in [3.63, 3.8) is 0 Å². The second-order valence-electron chi connectivity index (χ2n) is 6.57. The molecule has 5 nitrogen and oxygen atoms in total. The molecule has 3 heterocycles. The molecule has 0 spiro atoms. The molecular formula is C20H19NO4S. The molecule has 0 aliphatic carbocycles. The quantitative estimate of drug-likeness (QED) is 0.687. The van der Waals surface area contributed by atoms with Crippen molar-refractivity contribution in [2.75, 3.05) is 11.9 Å². The highest BCUT2D eigenvalue weighted by Gasteiger charge is 2.21. The fraction of sp³-hybridized carbons (Fsp3) is 0.300. The van der Waals surface area contributed by atoms with E-state index in [-0.39, 0.29) is 17.6 Å². The van der Waals surface area contributed by atoms with Gasteiger partial charge in [0.2, 0.25) is 0 Å². The van der Waals surface area contributed by atoms with E-state index in [0.29, 0.717) is 16.1 Å². The number of hydrogen-bond acceptors (Lipinski definition) is 5. The summed E-state index contributed by atoms with van der Waals surface area (Å²) in [5, 5.41) is 3.79. The van der Waals surface area contributed by atoms with E-state index in [1.165, 1.54) is 17.4 Å². The van der Waals surface area contributed by atoms with Crippen molar-refractivity contribution in [2.45, 2.75) is 32.8 Å². The molecule has 2 aromatic heterocycles. The smallest absolute Gasteiger partial charge is 0.336 e. The minimum Gasteiger partial charge on any atom is -0.423 e. The Kier molecular flexibility index (Phi) is 4.38. The molecule has 1 aromatic carbocycles. The molecule has 0 radical (unpaired) electrons. The SMILES string of the molecule is Cc1cc2oc(=O)cc(C)c2cc1NC(=O)c1ccc(C2CCCO2)s1. The van der Waals surface area contributed by atoms with Crippen LogP contribution in [-0.2, 0) is 4.74 Å². The van der Waals surface area contributed by atoms with E-state index >= 15 is 0 Å². The van der Waals surface area contributed by atoms with Crippen LogP contribution in [0.25, 0.3) is 11.0 Å². The highest BCUT2D eigenvalue weighted by molar-refractivity contribution is 7.14. The van der Waals surface area contributed by atoms with Crippen molar-refractivity contribution in [3.05, 3.63) is 61.6 Å². The van der Waals surface area contributed by atoms with E-state index in [1.54, 1.807) is 6.07 Å². The summed E-state index contributed by atoms with van der Waals surface area (Å²) in [6, 6.07) is 8.91. The Hall–Kier alpha value is -2.44. The second-order valence-corrected chi connectivity index (χ2v) is 7.68. The van der Waals surface area contributed by atoms with Crippen LogP contribution in [0.3, 0.4) is 0 Å². The van der Waals surface area contributed by atoms with Crippen molar-refractivity contribution >= 4 is 33.9 Å². The largest absolute Gasteiger partial charge is 0.423 e. The molecule has 3 aromatic rings. The molecule has 1 unspecified atom stereocenters. The van der Waals surface area contributed by atoms with Gasteiger partial charge >= 0.3 is 5.63 Å². The van der Waals surface area contributed by atoms with Gasteiger partial charge in [0, 0.05) is 28.6 Å². The molecule has 6 heteroatoms. The van der Waals surface area contributed by atoms with Crippen molar-refractivity contribution in [3.8, 4) is 0 Å². The first-order valence-corrected chi connectivity index (χ1v) is 9.41. The Morgan fingerprint density at radius 2 is 2.04 bits per heavy atom. The molecular weight excluding hydrogens is 350 g/mol. The van der Waals surface area contributed by atoms with Crippen LogP contribution in [0.1, 0.15) is 44.6 Å². The summed E-state index contributed by atoms with van der Waals surface area (Å²) in [7, 11) is 0. The van der Waals surface area contributed by atoms with E-state index < -0.39 is 0 Å². The molecule has 1 fully saturated rings. The summed E-state index contributed by atoms with van der Waals surface area (Å²) in [5.74, 6) is -0.142. The van der Waals surface area contributed by atoms with E-state index in [9.17, 15) is 9.59 Å². The van der Waals surface area contributed by atoms with Gasteiger partial charge in [-0.25, -0.2) is 4.79 Å². The van der Waals surface area contributed by atoms with Gasteiger partial charge < -0.3 is 14.5 Å². The predicted molar refractivity (Wildman–Crippen MR) is 102 cm³/mol. The fourth-order valence-corrected chi connectivity index (χ4v) is 4.22. The van der Waals surface area contributed by atoms with Crippen molar-refractivity contribution in [1.29, 1.82) is 0 Å². The number of ether oxygens (including phenoxy) is 1. The first kappa shape index (κ1) is 17.0. The fourth-order valence-electron chi connectivity index (χ4n) is 3.23. The van der Waals surface area contributed by atoms with Crippen LogP contribution < -0.4 is 10.9 Å². The lowest BCUT2D eigenvalue weighted by atomic mass is 10.1. The average Bonchev–Trinajstić information content (AvgIpc) is 3.27. The lowest BCUT2D eigenvalue weighted by Gasteiger charge is -2.10. The number of carbonyl (C=O) groups excluding carboxylic acids is 1. The number of aryl methyl sites for hydroxylation is 2. The van der Waals surface area contributed by atoms with Crippen LogP contribution in [0.2, 0.25) is 0 Å². The Morgan fingerprint density at radius 3 is 2.81 bits per heavy atom. The van der Waals surface area contributed by atoms with Gasteiger partial charge in [0.05, 0.1) is 11.0 Å². The zero-order valence-corrected chi connectivity index (χ0v) is 15.4. The van der Waals surface area contributed by atoms with Crippen molar-refractivity contribution in [1.82, 2.24) is 0 Å². The van der Waals surface area contributed by atoms with Gasteiger partial charge in [0.25, 0.3) is 5.91 Å². The topological polar surface area (TPSA) is 68.5 Å². The lowest BCUT2D eigenvalue weighted by Crippen LogP contribution is -2.11. The Morgan fingerprint density at radius 1 is 1.19 bits per heavy atom. The molecule has 1 atom stereocenters. The van der Waals surface area contributed by atoms with Gasteiger partial charge in [-0.3, -0.25) is 4.79 Å². The number of carbonyl (C=O) groups is 1. The molecule has 0 saturated carbocycles. The average molecular weight is 369 g/mol. The zero-order chi connectivity index (χ0) is 18.3. The highest BCUT2D eigenvalue weighted by atomic mass is 32.1. The molecule has 134 valence electrons. The monoisotopic (exact) mass is 369 g/mol. The van der Waals surface area contributed by atoms with E-state index in [1.807, 2.05) is 32.0 Å². The van der Waals surface area contributed by atoms with Crippen LogP contribution in [0.4, 0.5) is 5.69 Å². The Bertz CT molecular complexity index is 1040. The molecule has 1 N–H and O–H groups in total. The summed E-state index contributed by atoms with van der Waals surface area (Å²) < 4.78 is 10.9. The summed E-state index contributed by atoms with van der Waals surface area (Å²) in [6.45, 7) is 4.52. The Labute approximate surface area is 154 Å². The number of nitrogens with one attached hydrogen (secondary N) is 1. The second kappa shape index (κ2) is 6.70. The number of rotatable bonds is 3. The van der Waals surface area contributed by atoms with Crippen LogP contribution in [0.15, 0.2) is 39.5 Å². The van der Waals surface area contributed by atoms with Gasteiger partial charge in [-0.2, -0.15) is 0 Å². The Balaban J connectivity index is 1.61. The van der Waals surface area contributed by atoms with E-state index in [2.05, 4.69) is 5.32 Å². The maximum absolute atomic E-state index is 12.7. The maximum Gasteiger partial charge on any atom is 0.336 e. The van der Waals surface area contributed by atoms with Crippen molar-refractivity contribution in [2.24, 2.45) is 0 Å². The third-order valence-corrected chi connectivity index (χ3v) is 5.82. The molecule has 26 heavy (non-hydrogen) atoms. The lowest BCUT2D eigenvalue weighted by molar-refractivity contribution is 0.103. The summed E-state index contributed by atoms with van der Waals surface area (Å²) in [4.78, 5) is 25.9. The van der Waals surface area contributed by atoms with Gasteiger partial charge in [0.1, 0.15) is 5.58 Å². The summed E-state index contributed by atoms with van der Waals surface area (Å²) in [5.41, 5.74) is 2.54. The van der Waals surface area contributed by atoms with Gasteiger partial charge in [-0.15, -0.1) is 11.3 Å². The van der Waals surface area contributed by atoms with Gasteiger partial charge in [-0.1, -0.05) is 0 Å². The predicted octanol–water partition coefficient (Wildman–Crippen LogP) is 4.58. The number of benzene rings is 1. The summed E-state index contributed by atoms with van der Waals surface area (Å²) >= 11 is 1.48. The maximum atomic E-state index is 12.7. The van der Waals surface area contributed by atoms with Crippen LogP contribution in [-0.4, -0.2) is 12.5 Å². The highest BCUT2D eigenvalue weighted by Crippen LogP contribution is 2.34. The minimum atomic E-state index is -0.369. The molecule has 1 aliphatic rings. The van der Waals surface area contributed by atoms with Crippen molar-refractivity contribution < 1.29 is 13.9 Å².